The second kappa shape index (κ2) is 8.14. The summed E-state index contributed by atoms with van der Waals surface area (Å²) in [4.78, 5) is 8.68. The third-order valence-electron chi connectivity index (χ3n) is 2.43. The number of rotatable bonds is 8. The maximum Gasteiger partial charge on any atom is 0.0779 e. The standard InChI is InChI=1S/C13H23N3O/c1-4-6-14-13(10-17-7-5-2)12-9-15-11(3)8-16-12/h8-9,13-14H,4-7,10H2,1-3H3. The van der Waals surface area contributed by atoms with Crippen molar-refractivity contribution in [3.63, 3.8) is 0 Å². The Bertz CT molecular complexity index is 300. The van der Waals surface area contributed by atoms with Gasteiger partial charge in [-0.1, -0.05) is 13.8 Å². The minimum Gasteiger partial charge on any atom is -0.379 e. The van der Waals surface area contributed by atoms with Crippen LogP contribution in [-0.4, -0.2) is 29.7 Å². The van der Waals surface area contributed by atoms with E-state index in [9.17, 15) is 0 Å². The molecule has 1 heterocycles. The molecule has 0 aliphatic heterocycles. The summed E-state index contributed by atoms with van der Waals surface area (Å²) in [5.74, 6) is 0. The Morgan fingerprint density at radius 2 is 2.06 bits per heavy atom. The molecule has 1 aromatic rings. The zero-order chi connectivity index (χ0) is 12.5. The molecule has 96 valence electrons. The van der Waals surface area contributed by atoms with E-state index in [4.69, 9.17) is 4.74 Å². The third-order valence-corrected chi connectivity index (χ3v) is 2.43. The highest BCUT2D eigenvalue weighted by Gasteiger charge is 2.12. The van der Waals surface area contributed by atoms with E-state index in [0.29, 0.717) is 6.61 Å². The molecule has 4 nitrogen and oxygen atoms in total. The first-order valence-corrected chi connectivity index (χ1v) is 6.37. The molecule has 1 atom stereocenters. The molecule has 0 spiro atoms. The summed E-state index contributed by atoms with van der Waals surface area (Å²) in [5.41, 5.74) is 1.90. The molecule has 0 bridgehead atoms. The fourth-order valence-electron chi connectivity index (χ4n) is 1.50. The lowest BCUT2D eigenvalue weighted by Crippen LogP contribution is -2.27. The van der Waals surface area contributed by atoms with Crippen LogP contribution in [0.15, 0.2) is 12.4 Å². The lowest BCUT2D eigenvalue weighted by atomic mass is 10.2. The van der Waals surface area contributed by atoms with Crippen molar-refractivity contribution in [1.82, 2.24) is 15.3 Å². The molecule has 0 saturated carbocycles. The highest BCUT2D eigenvalue weighted by molar-refractivity contribution is 5.05. The summed E-state index contributed by atoms with van der Waals surface area (Å²) in [6.45, 7) is 8.63. The van der Waals surface area contributed by atoms with Gasteiger partial charge in [-0.3, -0.25) is 9.97 Å². The molecule has 0 saturated heterocycles. The Kier molecular flexibility index (Phi) is 6.74. The maximum atomic E-state index is 5.60. The van der Waals surface area contributed by atoms with Gasteiger partial charge >= 0.3 is 0 Å². The minimum atomic E-state index is 0.148. The molecule has 1 N–H and O–H groups in total. The van der Waals surface area contributed by atoms with Crippen LogP contribution in [0.3, 0.4) is 0 Å². The van der Waals surface area contributed by atoms with Gasteiger partial charge in [-0.05, 0) is 26.3 Å². The summed E-state index contributed by atoms with van der Waals surface area (Å²) < 4.78 is 5.60. The fourth-order valence-corrected chi connectivity index (χ4v) is 1.50. The van der Waals surface area contributed by atoms with E-state index in [-0.39, 0.29) is 6.04 Å². The van der Waals surface area contributed by atoms with E-state index in [1.807, 2.05) is 13.1 Å². The Hall–Kier alpha value is -1.00. The van der Waals surface area contributed by atoms with Crippen molar-refractivity contribution in [2.75, 3.05) is 19.8 Å². The zero-order valence-corrected chi connectivity index (χ0v) is 11.1. The van der Waals surface area contributed by atoms with Crippen molar-refractivity contribution in [2.45, 2.75) is 39.7 Å². The summed E-state index contributed by atoms with van der Waals surface area (Å²) >= 11 is 0. The van der Waals surface area contributed by atoms with Crippen molar-refractivity contribution >= 4 is 0 Å². The van der Waals surface area contributed by atoms with Crippen LogP contribution in [0.5, 0.6) is 0 Å². The zero-order valence-electron chi connectivity index (χ0n) is 11.1. The van der Waals surface area contributed by atoms with Crippen molar-refractivity contribution in [3.05, 3.63) is 23.8 Å². The van der Waals surface area contributed by atoms with E-state index < -0.39 is 0 Å². The van der Waals surface area contributed by atoms with Gasteiger partial charge in [-0.15, -0.1) is 0 Å². The van der Waals surface area contributed by atoms with Gasteiger partial charge in [0.2, 0.25) is 0 Å². The fraction of sp³-hybridized carbons (Fsp3) is 0.692. The second-order valence-electron chi connectivity index (χ2n) is 4.16. The summed E-state index contributed by atoms with van der Waals surface area (Å²) in [7, 11) is 0. The molecule has 17 heavy (non-hydrogen) atoms. The SMILES string of the molecule is CCCNC(COCCC)c1cnc(C)cn1. The van der Waals surface area contributed by atoms with E-state index in [1.165, 1.54) is 0 Å². The van der Waals surface area contributed by atoms with Crippen LogP contribution in [0.1, 0.15) is 44.1 Å². The molecular formula is C13H23N3O. The molecule has 0 aliphatic rings. The first-order chi connectivity index (χ1) is 8.27. The van der Waals surface area contributed by atoms with Crippen LogP contribution < -0.4 is 5.32 Å². The van der Waals surface area contributed by atoms with Crippen molar-refractivity contribution < 1.29 is 4.74 Å². The topological polar surface area (TPSA) is 47.0 Å². The van der Waals surface area contributed by atoms with Crippen LogP contribution in [0, 0.1) is 6.92 Å². The van der Waals surface area contributed by atoms with Crippen LogP contribution >= 0.6 is 0 Å². The molecule has 0 radical (unpaired) electrons. The van der Waals surface area contributed by atoms with Crippen molar-refractivity contribution in [1.29, 1.82) is 0 Å². The van der Waals surface area contributed by atoms with Gasteiger partial charge in [0.25, 0.3) is 0 Å². The Morgan fingerprint density at radius 1 is 1.24 bits per heavy atom. The number of hydrogen-bond donors (Lipinski definition) is 1. The van der Waals surface area contributed by atoms with Crippen molar-refractivity contribution in [2.24, 2.45) is 0 Å². The molecule has 0 fully saturated rings. The normalized spacial score (nSPS) is 12.6. The largest absolute Gasteiger partial charge is 0.379 e. The van der Waals surface area contributed by atoms with Gasteiger partial charge in [0.05, 0.1) is 30.2 Å². The van der Waals surface area contributed by atoms with E-state index in [0.717, 1.165) is 37.4 Å². The van der Waals surface area contributed by atoms with Gasteiger partial charge in [-0.2, -0.15) is 0 Å². The van der Waals surface area contributed by atoms with Gasteiger partial charge < -0.3 is 10.1 Å². The molecule has 0 aliphatic carbocycles. The predicted molar refractivity (Wildman–Crippen MR) is 68.9 cm³/mol. The number of ether oxygens (including phenoxy) is 1. The number of aryl methyl sites for hydroxylation is 1. The van der Waals surface area contributed by atoms with E-state index in [1.54, 1.807) is 6.20 Å². The van der Waals surface area contributed by atoms with Crippen LogP contribution in [0.2, 0.25) is 0 Å². The second-order valence-corrected chi connectivity index (χ2v) is 4.16. The number of aromatic nitrogens is 2. The molecule has 1 rings (SSSR count). The molecule has 0 aromatic carbocycles. The van der Waals surface area contributed by atoms with Gasteiger partial charge in [0, 0.05) is 12.8 Å². The Labute approximate surface area is 104 Å². The molecular weight excluding hydrogens is 214 g/mol. The number of hydrogen-bond acceptors (Lipinski definition) is 4. The molecule has 4 heteroatoms. The van der Waals surface area contributed by atoms with Gasteiger partial charge in [0.1, 0.15) is 0 Å². The average molecular weight is 237 g/mol. The van der Waals surface area contributed by atoms with Gasteiger partial charge in [0.15, 0.2) is 0 Å². The Morgan fingerprint density at radius 3 is 2.65 bits per heavy atom. The number of nitrogens with one attached hydrogen (secondary N) is 1. The summed E-state index contributed by atoms with van der Waals surface area (Å²) in [6.07, 6.45) is 5.78. The quantitative estimate of drug-likeness (QED) is 0.704. The highest BCUT2D eigenvalue weighted by Crippen LogP contribution is 2.09. The third kappa shape index (κ3) is 5.24. The predicted octanol–water partition coefficient (Wildman–Crippen LogP) is 2.25. The molecule has 0 amide bonds. The smallest absolute Gasteiger partial charge is 0.0779 e. The van der Waals surface area contributed by atoms with E-state index >= 15 is 0 Å². The average Bonchev–Trinajstić information content (AvgIpc) is 2.35. The van der Waals surface area contributed by atoms with E-state index in [2.05, 4.69) is 29.1 Å². The minimum absolute atomic E-state index is 0.148. The first-order valence-electron chi connectivity index (χ1n) is 6.37. The van der Waals surface area contributed by atoms with Gasteiger partial charge in [-0.25, -0.2) is 0 Å². The lowest BCUT2D eigenvalue weighted by Gasteiger charge is -2.17. The molecule has 1 aromatic heterocycles. The summed E-state index contributed by atoms with van der Waals surface area (Å²) in [5, 5.41) is 3.44. The van der Waals surface area contributed by atoms with Crippen LogP contribution in [-0.2, 0) is 4.74 Å². The van der Waals surface area contributed by atoms with Crippen LogP contribution in [0.4, 0.5) is 0 Å². The monoisotopic (exact) mass is 237 g/mol. The maximum absolute atomic E-state index is 5.60. The van der Waals surface area contributed by atoms with Crippen molar-refractivity contribution in [3.8, 4) is 0 Å². The lowest BCUT2D eigenvalue weighted by molar-refractivity contribution is 0.111. The highest BCUT2D eigenvalue weighted by atomic mass is 16.5. The number of nitrogens with zero attached hydrogens (tertiary/aromatic N) is 2. The first kappa shape index (κ1) is 14.1. The van der Waals surface area contributed by atoms with Crippen LogP contribution in [0.25, 0.3) is 0 Å². The summed E-state index contributed by atoms with van der Waals surface area (Å²) in [6, 6.07) is 0.148. The Balaban J connectivity index is 2.57. The molecule has 1 unspecified atom stereocenters.